The Kier molecular flexibility index (Phi) is 5.53. The first-order chi connectivity index (χ1) is 14.1. The third kappa shape index (κ3) is 4.43. The van der Waals surface area contributed by atoms with Crippen LogP contribution in [0, 0.1) is 5.82 Å². The standard InChI is InChI=1S/C20H18ClFN6O/c21-16-12-15(3-4-17(16)22)24-20(29)28-10-8-27(9-11-28)19-6-5-18(25-26-19)14-2-1-7-23-13-14/h1-7,12-13H,8-11H2,(H,24,29). The molecular formula is C20H18ClFN6O. The lowest BCUT2D eigenvalue weighted by Crippen LogP contribution is -2.50. The van der Waals surface area contributed by atoms with Gasteiger partial charge < -0.3 is 15.1 Å². The van der Waals surface area contributed by atoms with Crippen molar-refractivity contribution >= 4 is 29.1 Å². The van der Waals surface area contributed by atoms with Gasteiger partial charge in [-0.25, -0.2) is 9.18 Å². The van der Waals surface area contributed by atoms with Crippen LogP contribution in [0.3, 0.4) is 0 Å². The second-order valence-corrected chi connectivity index (χ2v) is 6.96. The Labute approximate surface area is 172 Å². The smallest absolute Gasteiger partial charge is 0.321 e. The number of benzene rings is 1. The van der Waals surface area contributed by atoms with Crippen LogP contribution < -0.4 is 10.2 Å². The number of carbonyl (C=O) groups is 1. The predicted octanol–water partition coefficient (Wildman–Crippen LogP) is 3.69. The summed E-state index contributed by atoms with van der Waals surface area (Å²) in [6.45, 7) is 2.34. The van der Waals surface area contributed by atoms with Crippen molar-refractivity contribution in [2.45, 2.75) is 0 Å². The maximum absolute atomic E-state index is 13.2. The van der Waals surface area contributed by atoms with E-state index in [4.69, 9.17) is 11.6 Å². The zero-order chi connectivity index (χ0) is 20.2. The zero-order valence-electron chi connectivity index (χ0n) is 15.4. The van der Waals surface area contributed by atoms with Gasteiger partial charge in [-0.15, -0.1) is 10.2 Å². The van der Waals surface area contributed by atoms with E-state index in [0.29, 0.717) is 31.9 Å². The monoisotopic (exact) mass is 412 g/mol. The average molecular weight is 413 g/mol. The van der Waals surface area contributed by atoms with Crippen molar-refractivity contribution in [2.75, 3.05) is 36.4 Å². The Morgan fingerprint density at radius 1 is 1.07 bits per heavy atom. The molecule has 1 saturated heterocycles. The molecule has 3 aromatic rings. The molecule has 0 aliphatic carbocycles. The number of amides is 2. The molecule has 1 aliphatic heterocycles. The van der Waals surface area contributed by atoms with Gasteiger partial charge in [0.1, 0.15) is 5.82 Å². The SMILES string of the molecule is O=C(Nc1ccc(F)c(Cl)c1)N1CCN(c2ccc(-c3cccnc3)nn2)CC1. The van der Waals surface area contributed by atoms with Gasteiger partial charge in [0.05, 0.1) is 10.7 Å². The fourth-order valence-corrected chi connectivity index (χ4v) is 3.26. The van der Waals surface area contributed by atoms with Crippen LogP contribution in [-0.2, 0) is 0 Å². The minimum atomic E-state index is -0.520. The fourth-order valence-electron chi connectivity index (χ4n) is 3.08. The molecule has 7 nitrogen and oxygen atoms in total. The van der Waals surface area contributed by atoms with Crippen molar-refractivity contribution in [3.8, 4) is 11.3 Å². The maximum Gasteiger partial charge on any atom is 0.321 e. The Morgan fingerprint density at radius 2 is 1.90 bits per heavy atom. The van der Waals surface area contributed by atoms with Gasteiger partial charge in [0.15, 0.2) is 5.82 Å². The zero-order valence-corrected chi connectivity index (χ0v) is 16.2. The van der Waals surface area contributed by atoms with Crippen LogP contribution in [0.25, 0.3) is 11.3 Å². The lowest BCUT2D eigenvalue weighted by atomic mass is 10.2. The number of aromatic nitrogens is 3. The molecule has 1 N–H and O–H groups in total. The summed E-state index contributed by atoms with van der Waals surface area (Å²) in [5.74, 6) is 0.247. The number of pyridine rings is 1. The third-order valence-corrected chi connectivity index (χ3v) is 4.96. The lowest BCUT2D eigenvalue weighted by molar-refractivity contribution is 0.208. The van der Waals surface area contributed by atoms with E-state index >= 15 is 0 Å². The van der Waals surface area contributed by atoms with Gasteiger partial charge in [0.2, 0.25) is 0 Å². The number of rotatable bonds is 3. The Hall–Kier alpha value is -3.26. The molecule has 4 rings (SSSR count). The second kappa shape index (κ2) is 8.40. The van der Waals surface area contributed by atoms with Crippen LogP contribution in [0.4, 0.5) is 20.7 Å². The molecule has 0 atom stereocenters. The number of nitrogens with zero attached hydrogens (tertiary/aromatic N) is 5. The number of piperazine rings is 1. The van der Waals surface area contributed by atoms with Crippen molar-refractivity contribution in [3.63, 3.8) is 0 Å². The van der Waals surface area contributed by atoms with Crippen molar-refractivity contribution < 1.29 is 9.18 Å². The molecule has 0 radical (unpaired) electrons. The fraction of sp³-hybridized carbons (Fsp3) is 0.200. The molecule has 29 heavy (non-hydrogen) atoms. The molecule has 2 amide bonds. The van der Waals surface area contributed by atoms with Crippen molar-refractivity contribution in [2.24, 2.45) is 0 Å². The summed E-state index contributed by atoms with van der Waals surface area (Å²) in [5, 5.41) is 11.3. The summed E-state index contributed by atoms with van der Waals surface area (Å²) in [6.07, 6.45) is 3.46. The van der Waals surface area contributed by atoms with Gasteiger partial charge >= 0.3 is 6.03 Å². The van der Waals surface area contributed by atoms with Crippen LogP contribution >= 0.6 is 11.6 Å². The highest BCUT2D eigenvalue weighted by Gasteiger charge is 2.22. The second-order valence-electron chi connectivity index (χ2n) is 6.55. The van der Waals surface area contributed by atoms with Crippen LogP contribution in [0.2, 0.25) is 5.02 Å². The Morgan fingerprint density at radius 3 is 2.55 bits per heavy atom. The Balaban J connectivity index is 1.34. The topological polar surface area (TPSA) is 74.2 Å². The van der Waals surface area contributed by atoms with E-state index in [9.17, 15) is 9.18 Å². The molecule has 2 aromatic heterocycles. The normalized spacial score (nSPS) is 14.0. The summed E-state index contributed by atoms with van der Waals surface area (Å²) >= 11 is 5.76. The van der Waals surface area contributed by atoms with Gasteiger partial charge in [0, 0.05) is 49.8 Å². The number of urea groups is 1. The summed E-state index contributed by atoms with van der Waals surface area (Å²) < 4.78 is 13.2. The highest BCUT2D eigenvalue weighted by Crippen LogP contribution is 2.21. The number of hydrogen-bond donors (Lipinski definition) is 1. The molecular weight excluding hydrogens is 395 g/mol. The number of hydrogen-bond acceptors (Lipinski definition) is 5. The molecule has 0 saturated carbocycles. The van der Waals surface area contributed by atoms with Crippen molar-refractivity contribution in [3.05, 3.63) is 65.7 Å². The van der Waals surface area contributed by atoms with E-state index in [1.165, 1.54) is 18.2 Å². The van der Waals surface area contributed by atoms with Gasteiger partial charge in [0.25, 0.3) is 0 Å². The largest absolute Gasteiger partial charge is 0.352 e. The summed E-state index contributed by atoms with van der Waals surface area (Å²) in [5.41, 5.74) is 2.13. The van der Waals surface area contributed by atoms with Crippen molar-refractivity contribution in [1.82, 2.24) is 20.1 Å². The minimum absolute atomic E-state index is 0.0269. The highest BCUT2D eigenvalue weighted by atomic mass is 35.5. The van der Waals surface area contributed by atoms with Crippen molar-refractivity contribution in [1.29, 1.82) is 0 Å². The molecule has 148 valence electrons. The number of halogens is 2. The van der Waals surface area contributed by atoms with E-state index in [-0.39, 0.29) is 11.1 Å². The summed E-state index contributed by atoms with van der Waals surface area (Å²) in [7, 11) is 0. The number of nitrogens with one attached hydrogen (secondary N) is 1. The van der Waals surface area contributed by atoms with Gasteiger partial charge in [-0.1, -0.05) is 11.6 Å². The first-order valence-corrected chi connectivity index (χ1v) is 9.48. The van der Waals surface area contributed by atoms with Gasteiger partial charge in [-0.2, -0.15) is 0 Å². The van der Waals surface area contributed by atoms with E-state index < -0.39 is 5.82 Å². The quantitative estimate of drug-likeness (QED) is 0.710. The number of carbonyl (C=O) groups excluding carboxylic acids is 1. The molecule has 0 unspecified atom stereocenters. The maximum atomic E-state index is 13.2. The van der Waals surface area contributed by atoms with Crippen LogP contribution in [-0.4, -0.2) is 52.3 Å². The first-order valence-electron chi connectivity index (χ1n) is 9.10. The first kappa shape index (κ1) is 19.1. The third-order valence-electron chi connectivity index (χ3n) is 4.67. The summed E-state index contributed by atoms with van der Waals surface area (Å²) in [6, 6.07) is 11.5. The van der Waals surface area contributed by atoms with Crippen LogP contribution in [0.15, 0.2) is 54.9 Å². The van der Waals surface area contributed by atoms with E-state index in [2.05, 4.69) is 25.4 Å². The minimum Gasteiger partial charge on any atom is -0.352 e. The van der Waals surface area contributed by atoms with Crippen LogP contribution in [0.1, 0.15) is 0 Å². The predicted molar refractivity (Wildman–Crippen MR) is 109 cm³/mol. The molecule has 1 aliphatic rings. The van der Waals surface area contributed by atoms with E-state index in [1.54, 1.807) is 17.3 Å². The van der Waals surface area contributed by atoms with E-state index in [0.717, 1.165) is 17.1 Å². The van der Waals surface area contributed by atoms with E-state index in [1.807, 2.05) is 24.3 Å². The average Bonchev–Trinajstić information content (AvgIpc) is 2.77. The lowest BCUT2D eigenvalue weighted by Gasteiger charge is -2.35. The summed E-state index contributed by atoms with van der Waals surface area (Å²) in [4.78, 5) is 20.3. The molecule has 0 bridgehead atoms. The van der Waals surface area contributed by atoms with Gasteiger partial charge in [-0.05, 0) is 42.5 Å². The van der Waals surface area contributed by atoms with Crippen LogP contribution in [0.5, 0.6) is 0 Å². The molecule has 0 spiro atoms. The molecule has 3 heterocycles. The van der Waals surface area contributed by atoms with Gasteiger partial charge in [-0.3, -0.25) is 4.98 Å². The number of anilines is 2. The molecule has 9 heteroatoms. The molecule has 1 aromatic carbocycles. The molecule has 1 fully saturated rings. The Bertz CT molecular complexity index is 994. The highest BCUT2D eigenvalue weighted by molar-refractivity contribution is 6.31.